The Balaban J connectivity index is 2.12. The molecule has 0 spiro atoms. The lowest BCUT2D eigenvalue weighted by molar-refractivity contribution is -0.141. The number of amides is 2. The fraction of sp³-hybridized carbons (Fsp3) is 0.417. The van der Waals surface area contributed by atoms with Crippen LogP contribution in [0.2, 0.25) is 5.02 Å². The van der Waals surface area contributed by atoms with Crippen LogP contribution in [0.4, 0.5) is 0 Å². The molecule has 0 aliphatic carbocycles. The lowest BCUT2D eigenvalue weighted by atomic mass is 10.1. The fourth-order valence-corrected chi connectivity index (χ4v) is 4.13. The van der Waals surface area contributed by atoms with Crippen LogP contribution in [0.1, 0.15) is 39.2 Å². The highest BCUT2D eigenvalue weighted by molar-refractivity contribution is 7.99. The maximum atomic E-state index is 13.2. The topological polar surface area (TPSA) is 58.6 Å². The molecule has 2 aromatic rings. The molecule has 0 heterocycles. The Bertz CT molecular complexity index is 841. The number of hydrogen-bond donors (Lipinski definition) is 1. The summed E-state index contributed by atoms with van der Waals surface area (Å²) in [6.45, 7) is 6.14. The normalized spacial score (nSPS) is 11.8. The largest absolute Gasteiger partial charge is 0.497 e. The summed E-state index contributed by atoms with van der Waals surface area (Å²) in [7, 11) is 1.62. The first-order valence-electron chi connectivity index (χ1n) is 10.4. The molecule has 0 saturated carbocycles. The standard InChI is InChI=1S/C24H31ClN2O3S/c1-5-22(24(29)26-17(2)3)27(16-18-6-10-20(30-4)11-7-18)23(28)14-15-31-21-12-8-19(25)9-13-21/h6-13,17,22H,5,14-16H2,1-4H3,(H,26,29)/t22-/m1/s1. The summed E-state index contributed by atoms with van der Waals surface area (Å²) in [6.07, 6.45) is 0.889. The summed E-state index contributed by atoms with van der Waals surface area (Å²) in [4.78, 5) is 28.8. The quantitative estimate of drug-likeness (QED) is 0.468. The van der Waals surface area contributed by atoms with E-state index in [-0.39, 0.29) is 17.9 Å². The van der Waals surface area contributed by atoms with Crippen molar-refractivity contribution in [1.29, 1.82) is 0 Å². The summed E-state index contributed by atoms with van der Waals surface area (Å²) in [6, 6.07) is 14.6. The number of ether oxygens (including phenoxy) is 1. The highest BCUT2D eigenvalue weighted by atomic mass is 35.5. The molecular weight excluding hydrogens is 432 g/mol. The maximum Gasteiger partial charge on any atom is 0.243 e. The van der Waals surface area contributed by atoms with Gasteiger partial charge in [-0.15, -0.1) is 11.8 Å². The van der Waals surface area contributed by atoms with Gasteiger partial charge in [-0.2, -0.15) is 0 Å². The smallest absolute Gasteiger partial charge is 0.243 e. The van der Waals surface area contributed by atoms with E-state index in [1.807, 2.05) is 69.3 Å². The number of thioether (sulfide) groups is 1. The van der Waals surface area contributed by atoms with Gasteiger partial charge in [-0.3, -0.25) is 9.59 Å². The Morgan fingerprint density at radius 2 is 1.74 bits per heavy atom. The average molecular weight is 463 g/mol. The molecular formula is C24H31ClN2O3S. The SMILES string of the molecule is CC[C@H](C(=O)NC(C)C)N(Cc1ccc(OC)cc1)C(=O)CCSc1ccc(Cl)cc1. The number of carbonyl (C=O) groups is 2. The molecule has 0 radical (unpaired) electrons. The van der Waals surface area contributed by atoms with E-state index in [0.29, 0.717) is 30.2 Å². The Morgan fingerprint density at radius 1 is 1.10 bits per heavy atom. The number of carbonyl (C=O) groups excluding carboxylic acids is 2. The number of halogens is 1. The van der Waals surface area contributed by atoms with Crippen LogP contribution in [-0.4, -0.2) is 41.7 Å². The second-order valence-corrected chi connectivity index (χ2v) is 9.11. The zero-order valence-corrected chi connectivity index (χ0v) is 20.1. The molecule has 0 fully saturated rings. The summed E-state index contributed by atoms with van der Waals surface area (Å²) in [5, 5.41) is 3.64. The van der Waals surface area contributed by atoms with E-state index in [1.54, 1.807) is 23.8 Å². The lowest BCUT2D eigenvalue weighted by Crippen LogP contribution is -2.50. The molecule has 0 bridgehead atoms. The van der Waals surface area contributed by atoms with Gasteiger partial charge in [0.2, 0.25) is 11.8 Å². The van der Waals surface area contributed by atoms with Gasteiger partial charge in [0.15, 0.2) is 0 Å². The second-order valence-electron chi connectivity index (χ2n) is 7.51. The van der Waals surface area contributed by atoms with Gasteiger partial charge in [-0.1, -0.05) is 30.7 Å². The summed E-state index contributed by atoms with van der Waals surface area (Å²) >= 11 is 7.54. The molecule has 5 nitrogen and oxygen atoms in total. The zero-order chi connectivity index (χ0) is 22.8. The first-order valence-corrected chi connectivity index (χ1v) is 11.8. The Morgan fingerprint density at radius 3 is 2.29 bits per heavy atom. The molecule has 1 N–H and O–H groups in total. The maximum absolute atomic E-state index is 13.2. The number of methoxy groups -OCH3 is 1. The van der Waals surface area contributed by atoms with Gasteiger partial charge in [-0.05, 0) is 62.2 Å². The van der Waals surface area contributed by atoms with Gasteiger partial charge < -0.3 is 15.0 Å². The molecule has 0 aliphatic rings. The molecule has 1 atom stereocenters. The first kappa shape index (κ1) is 25.1. The molecule has 2 amide bonds. The Labute approximate surface area is 194 Å². The monoisotopic (exact) mass is 462 g/mol. The van der Waals surface area contributed by atoms with E-state index >= 15 is 0 Å². The van der Waals surface area contributed by atoms with Crippen molar-refractivity contribution in [2.45, 2.75) is 57.1 Å². The van der Waals surface area contributed by atoms with Crippen LogP contribution in [0.3, 0.4) is 0 Å². The van der Waals surface area contributed by atoms with Crippen molar-refractivity contribution in [3.05, 3.63) is 59.1 Å². The van der Waals surface area contributed by atoms with Crippen LogP contribution >= 0.6 is 23.4 Å². The molecule has 2 aromatic carbocycles. The third-order valence-corrected chi connectivity index (χ3v) is 5.99. The Kier molecular flexibility index (Phi) is 10.2. The predicted octanol–water partition coefficient (Wildman–Crippen LogP) is 5.16. The molecule has 0 unspecified atom stereocenters. The van der Waals surface area contributed by atoms with Crippen LogP contribution < -0.4 is 10.1 Å². The molecule has 0 saturated heterocycles. The van der Waals surface area contributed by atoms with Crippen molar-refractivity contribution < 1.29 is 14.3 Å². The zero-order valence-electron chi connectivity index (χ0n) is 18.6. The fourth-order valence-electron chi connectivity index (χ4n) is 3.16. The van der Waals surface area contributed by atoms with Crippen LogP contribution in [-0.2, 0) is 16.1 Å². The van der Waals surface area contributed by atoms with Crippen molar-refractivity contribution in [3.8, 4) is 5.75 Å². The highest BCUT2D eigenvalue weighted by Crippen LogP contribution is 2.22. The predicted molar refractivity (Wildman–Crippen MR) is 128 cm³/mol. The summed E-state index contributed by atoms with van der Waals surface area (Å²) < 4.78 is 5.22. The lowest BCUT2D eigenvalue weighted by Gasteiger charge is -2.31. The number of nitrogens with one attached hydrogen (secondary N) is 1. The van der Waals surface area contributed by atoms with E-state index in [4.69, 9.17) is 16.3 Å². The number of benzene rings is 2. The summed E-state index contributed by atoms with van der Waals surface area (Å²) in [5.74, 6) is 1.22. The molecule has 31 heavy (non-hydrogen) atoms. The number of nitrogens with zero attached hydrogens (tertiary/aromatic N) is 1. The van der Waals surface area contributed by atoms with Gasteiger partial charge >= 0.3 is 0 Å². The first-order chi connectivity index (χ1) is 14.8. The third kappa shape index (κ3) is 8.11. The minimum absolute atomic E-state index is 0.0138. The van der Waals surface area contributed by atoms with Gasteiger partial charge in [-0.25, -0.2) is 0 Å². The van der Waals surface area contributed by atoms with Crippen LogP contribution in [0.15, 0.2) is 53.4 Å². The van der Waals surface area contributed by atoms with E-state index in [2.05, 4.69) is 5.32 Å². The van der Waals surface area contributed by atoms with E-state index < -0.39 is 6.04 Å². The number of rotatable bonds is 11. The number of hydrogen-bond acceptors (Lipinski definition) is 4. The van der Waals surface area contributed by atoms with Crippen LogP contribution in [0.25, 0.3) is 0 Å². The molecule has 0 aromatic heterocycles. The van der Waals surface area contributed by atoms with Crippen molar-refractivity contribution in [2.24, 2.45) is 0 Å². The van der Waals surface area contributed by atoms with Crippen molar-refractivity contribution in [2.75, 3.05) is 12.9 Å². The molecule has 168 valence electrons. The van der Waals surface area contributed by atoms with Crippen molar-refractivity contribution in [1.82, 2.24) is 10.2 Å². The second kappa shape index (κ2) is 12.6. The molecule has 0 aliphatic heterocycles. The minimum atomic E-state index is -0.516. The van der Waals surface area contributed by atoms with E-state index in [9.17, 15) is 9.59 Å². The van der Waals surface area contributed by atoms with Gasteiger partial charge in [0.1, 0.15) is 11.8 Å². The van der Waals surface area contributed by atoms with Gasteiger partial charge in [0.05, 0.1) is 7.11 Å². The van der Waals surface area contributed by atoms with Gasteiger partial charge in [0.25, 0.3) is 0 Å². The third-order valence-electron chi connectivity index (χ3n) is 4.73. The van der Waals surface area contributed by atoms with Crippen LogP contribution in [0, 0.1) is 0 Å². The summed E-state index contributed by atoms with van der Waals surface area (Å²) in [5.41, 5.74) is 0.954. The van der Waals surface area contributed by atoms with E-state index in [0.717, 1.165) is 16.2 Å². The highest BCUT2D eigenvalue weighted by Gasteiger charge is 2.28. The van der Waals surface area contributed by atoms with Crippen LogP contribution in [0.5, 0.6) is 5.75 Å². The average Bonchev–Trinajstić information content (AvgIpc) is 2.74. The van der Waals surface area contributed by atoms with Gasteiger partial charge in [0, 0.05) is 34.7 Å². The molecule has 2 rings (SSSR count). The minimum Gasteiger partial charge on any atom is -0.497 e. The van der Waals surface area contributed by atoms with Crippen molar-refractivity contribution >= 4 is 35.2 Å². The molecule has 7 heteroatoms. The van der Waals surface area contributed by atoms with Crippen molar-refractivity contribution in [3.63, 3.8) is 0 Å². The van der Waals surface area contributed by atoms with E-state index in [1.165, 1.54) is 0 Å². The Hall–Kier alpha value is -2.18.